The Morgan fingerprint density at radius 2 is 2.18 bits per heavy atom. The Labute approximate surface area is 106 Å². The molecule has 5 heteroatoms. The summed E-state index contributed by atoms with van der Waals surface area (Å²) in [5.74, 6) is -0.901. The summed E-state index contributed by atoms with van der Waals surface area (Å²) in [5.41, 5.74) is 0.605. The summed E-state index contributed by atoms with van der Waals surface area (Å²) in [6.45, 7) is 0.404. The van der Waals surface area contributed by atoms with Gasteiger partial charge >= 0.3 is 5.97 Å². The van der Waals surface area contributed by atoms with Gasteiger partial charge in [-0.3, -0.25) is 4.79 Å². The van der Waals surface area contributed by atoms with Crippen molar-refractivity contribution in [2.45, 2.75) is 5.92 Å². The maximum Gasteiger partial charge on any atom is 0.312 e. The van der Waals surface area contributed by atoms with Crippen LogP contribution in [0, 0.1) is 0 Å². The molecule has 0 amide bonds. The molecule has 4 nitrogen and oxygen atoms in total. The molecule has 0 aliphatic carbocycles. The van der Waals surface area contributed by atoms with Crippen molar-refractivity contribution < 1.29 is 14.6 Å². The van der Waals surface area contributed by atoms with Crippen LogP contribution in [0.4, 0.5) is 0 Å². The number of carboxylic acid groups (broad SMARTS) is 1. The number of methoxy groups -OCH3 is 1. The first-order valence-corrected chi connectivity index (χ1v) is 5.54. The fraction of sp³-hybridized carbons (Fsp3) is 0.417. The van der Waals surface area contributed by atoms with Gasteiger partial charge in [0.05, 0.1) is 13.0 Å². The summed E-state index contributed by atoms with van der Waals surface area (Å²) in [6, 6.07) is 5.04. The van der Waals surface area contributed by atoms with E-state index in [-0.39, 0.29) is 0 Å². The smallest absolute Gasteiger partial charge is 0.312 e. The number of carboxylic acids is 1. The van der Waals surface area contributed by atoms with E-state index in [0.29, 0.717) is 22.9 Å². The van der Waals surface area contributed by atoms with Crippen LogP contribution in [0.15, 0.2) is 18.2 Å². The van der Waals surface area contributed by atoms with E-state index in [0.717, 1.165) is 0 Å². The van der Waals surface area contributed by atoms with Crippen LogP contribution in [0.2, 0.25) is 5.02 Å². The lowest BCUT2D eigenvalue weighted by atomic mass is 9.98. The van der Waals surface area contributed by atoms with Gasteiger partial charge in [0.2, 0.25) is 0 Å². The third kappa shape index (κ3) is 3.61. The number of hydrogen-bond donors (Lipinski definition) is 1. The molecule has 0 saturated heterocycles. The quantitative estimate of drug-likeness (QED) is 0.878. The maximum absolute atomic E-state index is 11.2. The van der Waals surface area contributed by atoms with Gasteiger partial charge in [0.25, 0.3) is 0 Å². The molecule has 1 rings (SSSR count). The summed E-state index contributed by atoms with van der Waals surface area (Å²) in [5, 5.41) is 9.63. The largest absolute Gasteiger partial charge is 0.497 e. The van der Waals surface area contributed by atoms with Crippen LogP contribution >= 0.6 is 11.6 Å². The van der Waals surface area contributed by atoms with E-state index in [1.54, 1.807) is 25.3 Å². The molecule has 1 N–H and O–H groups in total. The van der Waals surface area contributed by atoms with Crippen molar-refractivity contribution >= 4 is 17.6 Å². The Bertz CT molecular complexity index is 407. The van der Waals surface area contributed by atoms with Gasteiger partial charge in [-0.2, -0.15) is 0 Å². The second-order valence-corrected chi connectivity index (χ2v) is 4.45. The van der Waals surface area contributed by atoms with Crippen LogP contribution in [0.5, 0.6) is 5.75 Å². The van der Waals surface area contributed by atoms with E-state index in [4.69, 9.17) is 16.3 Å². The van der Waals surface area contributed by atoms with Gasteiger partial charge in [-0.25, -0.2) is 0 Å². The van der Waals surface area contributed by atoms with Crippen molar-refractivity contribution in [1.29, 1.82) is 0 Å². The third-order valence-corrected chi connectivity index (χ3v) is 2.76. The van der Waals surface area contributed by atoms with Gasteiger partial charge in [0.1, 0.15) is 5.75 Å². The predicted molar refractivity (Wildman–Crippen MR) is 66.9 cm³/mol. The average molecular weight is 258 g/mol. The zero-order valence-electron chi connectivity index (χ0n) is 10.1. The molecule has 0 spiro atoms. The number of halogens is 1. The number of carbonyl (C=O) groups is 1. The third-order valence-electron chi connectivity index (χ3n) is 2.43. The Hall–Kier alpha value is -1.26. The van der Waals surface area contributed by atoms with Gasteiger partial charge in [-0.15, -0.1) is 0 Å². The predicted octanol–water partition coefficient (Wildman–Crippen LogP) is 2.08. The minimum atomic E-state index is -0.884. The molecule has 1 aromatic rings. The summed E-state index contributed by atoms with van der Waals surface area (Å²) in [4.78, 5) is 13.0. The number of likely N-dealkylation sites (N-methyl/N-ethyl adjacent to an activating group) is 1. The lowest BCUT2D eigenvalue weighted by Gasteiger charge is -2.19. The van der Waals surface area contributed by atoms with E-state index >= 15 is 0 Å². The number of ether oxygens (including phenoxy) is 1. The zero-order valence-corrected chi connectivity index (χ0v) is 10.9. The summed E-state index contributed by atoms with van der Waals surface area (Å²) < 4.78 is 5.03. The Morgan fingerprint density at radius 3 is 2.59 bits per heavy atom. The highest BCUT2D eigenvalue weighted by Gasteiger charge is 2.23. The molecule has 0 aliphatic rings. The highest BCUT2D eigenvalue weighted by molar-refractivity contribution is 6.31. The zero-order chi connectivity index (χ0) is 13.0. The van der Waals surface area contributed by atoms with Crippen molar-refractivity contribution in [1.82, 2.24) is 4.90 Å². The van der Waals surface area contributed by atoms with Crippen molar-refractivity contribution in [2.75, 3.05) is 27.7 Å². The number of benzene rings is 1. The van der Waals surface area contributed by atoms with Crippen LogP contribution in [-0.4, -0.2) is 43.7 Å². The summed E-state index contributed by atoms with van der Waals surface area (Å²) in [7, 11) is 5.20. The van der Waals surface area contributed by atoms with Crippen molar-refractivity contribution in [3.63, 3.8) is 0 Å². The molecule has 17 heavy (non-hydrogen) atoms. The first-order valence-electron chi connectivity index (χ1n) is 5.16. The first kappa shape index (κ1) is 13.8. The molecule has 1 unspecified atom stereocenters. The number of nitrogens with zero attached hydrogens (tertiary/aromatic N) is 1. The Kier molecular flexibility index (Phi) is 4.78. The SMILES string of the molecule is COc1ccc(C(CN(C)C)C(=O)O)c(Cl)c1. The Morgan fingerprint density at radius 1 is 1.53 bits per heavy atom. The number of aliphatic carboxylic acids is 1. The van der Waals surface area contributed by atoms with E-state index in [1.807, 2.05) is 19.0 Å². The minimum Gasteiger partial charge on any atom is -0.497 e. The highest BCUT2D eigenvalue weighted by atomic mass is 35.5. The lowest BCUT2D eigenvalue weighted by molar-refractivity contribution is -0.139. The summed E-state index contributed by atoms with van der Waals surface area (Å²) >= 11 is 6.07. The van der Waals surface area contributed by atoms with Crippen molar-refractivity contribution in [3.05, 3.63) is 28.8 Å². The average Bonchev–Trinajstić information content (AvgIpc) is 2.25. The fourth-order valence-electron chi connectivity index (χ4n) is 1.59. The maximum atomic E-state index is 11.2. The standard InChI is InChI=1S/C12H16ClNO3/c1-14(2)7-10(12(15)16)9-5-4-8(17-3)6-11(9)13/h4-6,10H,7H2,1-3H3,(H,15,16). The second kappa shape index (κ2) is 5.89. The molecule has 0 bridgehead atoms. The van der Waals surface area contributed by atoms with Crippen LogP contribution in [0.25, 0.3) is 0 Å². The van der Waals surface area contributed by atoms with Crippen LogP contribution in [0.3, 0.4) is 0 Å². The topological polar surface area (TPSA) is 49.8 Å². The highest BCUT2D eigenvalue weighted by Crippen LogP contribution is 2.29. The van der Waals surface area contributed by atoms with E-state index in [2.05, 4.69) is 0 Å². The van der Waals surface area contributed by atoms with Crippen LogP contribution < -0.4 is 4.74 Å². The first-order chi connectivity index (χ1) is 7.95. The van der Waals surface area contributed by atoms with Gasteiger partial charge in [-0.05, 0) is 31.8 Å². The molecule has 0 heterocycles. The Balaban J connectivity index is 3.06. The van der Waals surface area contributed by atoms with Gasteiger partial charge < -0.3 is 14.7 Å². The molecule has 0 aliphatic heterocycles. The number of hydrogen-bond acceptors (Lipinski definition) is 3. The van der Waals surface area contributed by atoms with Crippen LogP contribution in [-0.2, 0) is 4.79 Å². The molecule has 94 valence electrons. The second-order valence-electron chi connectivity index (χ2n) is 4.04. The normalized spacial score (nSPS) is 12.5. The minimum absolute atomic E-state index is 0.404. The molecule has 1 aromatic carbocycles. The monoisotopic (exact) mass is 257 g/mol. The lowest BCUT2D eigenvalue weighted by Crippen LogP contribution is -2.26. The molecular weight excluding hydrogens is 242 g/mol. The van der Waals surface area contributed by atoms with Gasteiger partial charge in [0, 0.05) is 11.6 Å². The van der Waals surface area contributed by atoms with Gasteiger partial charge in [0.15, 0.2) is 0 Å². The summed E-state index contributed by atoms with van der Waals surface area (Å²) in [6.07, 6.45) is 0. The van der Waals surface area contributed by atoms with Crippen molar-refractivity contribution in [3.8, 4) is 5.75 Å². The molecule has 0 aromatic heterocycles. The molecule has 1 atom stereocenters. The molecule has 0 saturated carbocycles. The van der Waals surface area contributed by atoms with E-state index in [9.17, 15) is 9.90 Å². The molecular formula is C12H16ClNO3. The van der Waals surface area contributed by atoms with Gasteiger partial charge in [-0.1, -0.05) is 17.7 Å². The van der Waals surface area contributed by atoms with E-state index < -0.39 is 11.9 Å². The van der Waals surface area contributed by atoms with Crippen LogP contribution in [0.1, 0.15) is 11.5 Å². The molecule has 0 fully saturated rings. The van der Waals surface area contributed by atoms with Crippen molar-refractivity contribution in [2.24, 2.45) is 0 Å². The van der Waals surface area contributed by atoms with E-state index in [1.165, 1.54) is 0 Å². The fourth-order valence-corrected chi connectivity index (χ4v) is 1.89. The number of rotatable bonds is 5. The molecule has 0 radical (unpaired) electrons.